The first-order valence-electron chi connectivity index (χ1n) is 9.43. The van der Waals surface area contributed by atoms with Crippen molar-refractivity contribution in [1.82, 2.24) is 9.88 Å². The number of hydrogen-bond donors (Lipinski definition) is 1. The van der Waals surface area contributed by atoms with Crippen molar-refractivity contribution in [2.75, 3.05) is 57.2 Å². The van der Waals surface area contributed by atoms with Gasteiger partial charge in [-0.05, 0) is 18.2 Å². The number of carbonyl (C=O) groups is 1. The zero-order valence-corrected chi connectivity index (χ0v) is 17.8. The third-order valence-electron chi connectivity index (χ3n) is 4.87. The summed E-state index contributed by atoms with van der Waals surface area (Å²) in [6.07, 6.45) is -3.71. The predicted molar refractivity (Wildman–Crippen MR) is 111 cm³/mol. The van der Waals surface area contributed by atoms with Gasteiger partial charge < -0.3 is 19.7 Å². The summed E-state index contributed by atoms with van der Waals surface area (Å²) in [5.74, 6) is 1.20. The van der Waals surface area contributed by atoms with Crippen LogP contribution in [0.3, 0.4) is 0 Å². The number of rotatable bonds is 6. The number of piperazine rings is 1. The molecule has 1 fully saturated rings. The predicted octanol–water partition coefficient (Wildman–Crippen LogP) is 3.53. The lowest BCUT2D eigenvalue weighted by Crippen LogP contribution is -2.49. The Balaban J connectivity index is 1.55. The van der Waals surface area contributed by atoms with Gasteiger partial charge in [-0.15, -0.1) is 0 Å². The van der Waals surface area contributed by atoms with Crippen LogP contribution in [-0.2, 0) is 11.0 Å². The standard InChI is InChI=1S/C20H22ClF3N4O3/c1-30-14-3-4-16(17(10-14)31-2)26-18(29)12-27-5-7-28(8-6-27)19-15(21)9-13(11-25-19)20(22,23)24/h3-4,9-11H,5-8,12H2,1-2H3,(H,26,29). The molecule has 1 aromatic carbocycles. The second kappa shape index (κ2) is 9.61. The minimum Gasteiger partial charge on any atom is -0.497 e. The largest absolute Gasteiger partial charge is 0.497 e. The van der Waals surface area contributed by atoms with Gasteiger partial charge in [0.15, 0.2) is 0 Å². The fraction of sp³-hybridized carbons (Fsp3) is 0.400. The Bertz CT molecular complexity index is 934. The van der Waals surface area contributed by atoms with Crippen LogP contribution in [-0.4, -0.2) is 62.7 Å². The van der Waals surface area contributed by atoms with E-state index >= 15 is 0 Å². The number of halogens is 4. The maximum atomic E-state index is 12.8. The fourth-order valence-electron chi connectivity index (χ4n) is 3.23. The molecule has 31 heavy (non-hydrogen) atoms. The van der Waals surface area contributed by atoms with Crippen LogP contribution in [0.2, 0.25) is 5.02 Å². The van der Waals surface area contributed by atoms with Crippen LogP contribution in [0, 0.1) is 0 Å². The third-order valence-corrected chi connectivity index (χ3v) is 5.15. The summed E-state index contributed by atoms with van der Waals surface area (Å²) in [5.41, 5.74) is -0.349. The molecule has 1 aromatic heterocycles. The van der Waals surface area contributed by atoms with Gasteiger partial charge in [-0.25, -0.2) is 4.98 Å². The van der Waals surface area contributed by atoms with E-state index in [9.17, 15) is 18.0 Å². The van der Waals surface area contributed by atoms with Gasteiger partial charge in [0.25, 0.3) is 0 Å². The number of hydrogen-bond acceptors (Lipinski definition) is 6. The SMILES string of the molecule is COc1ccc(NC(=O)CN2CCN(c3ncc(C(F)(F)F)cc3Cl)CC2)c(OC)c1. The third kappa shape index (κ3) is 5.71. The fourth-order valence-corrected chi connectivity index (χ4v) is 3.52. The topological polar surface area (TPSA) is 66.9 Å². The first-order valence-corrected chi connectivity index (χ1v) is 9.81. The Morgan fingerprint density at radius 3 is 2.45 bits per heavy atom. The highest BCUT2D eigenvalue weighted by molar-refractivity contribution is 6.33. The van der Waals surface area contributed by atoms with E-state index in [1.807, 2.05) is 9.80 Å². The lowest BCUT2D eigenvalue weighted by molar-refractivity contribution is -0.137. The van der Waals surface area contributed by atoms with Crippen molar-refractivity contribution in [1.29, 1.82) is 0 Å². The molecular formula is C20H22ClF3N4O3. The molecule has 3 rings (SSSR count). The maximum Gasteiger partial charge on any atom is 0.417 e. The Hall–Kier alpha value is -2.72. The van der Waals surface area contributed by atoms with Gasteiger partial charge in [0, 0.05) is 38.4 Å². The van der Waals surface area contributed by atoms with Crippen molar-refractivity contribution < 1.29 is 27.4 Å². The van der Waals surface area contributed by atoms with Gasteiger partial charge in [-0.3, -0.25) is 9.69 Å². The number of nitrogens with one attached hydrogen (secondary N) is 1. The number of pyridine rings is 1. The van der Waals surface area contributed by atoms with Crippen molar-refractivity contribution in [3.63, 3.8) is 0 Å². The van der Waals surface area contributed by atoms with Crippen LogP contribution >= 0.6 is 11.6 Å². The molecule has 11 heteroatoms. The van der Waals surface area contributed by atoms with Crippen LogP contribution in [0.25, 0.3) is 0 Å². The van der Waals surface area contributed by atoms with E-state index in [4.69, 9.17) is 21.1 Å². The zero-order chi connectivity index (χ0) is 22.6. The van der Waals surface area contributed by atoms with E-state index in [0.717, 1.165) is 12.3 Å². The van der Waals surface area contributed by atoms with Gasteiger partial charge >= 0.3 is 6.18 Å². The second-order valence-electron chi connectivity index (χ2n) is 6.90. The quantitative estimate of drug-likeness (QED) is 0.714. The Labute approximate surface area is 182 Å². The zero-order valence-electron chi connectivity index (χ0n) is 17.0. The first-order chi connectivity index (χ1) is 14.7. The smallest absolute Gasteiger partial charge is 0.417 e. The first kappa shape index (κ1) is 23.0. The van der Waals surface area contributed by atoms with E-state index < -0.39 is 11.7 Å². The Kier molecular flexibility index (Phi) is 7.11. The van der Waals surface area contributed by atoms with Crippen LogP contribution in [0.15, 0.2) is 30.5 Å². The number of methoxy groups -OCH3 is 2. The molecule has 1 amide bonds. The van der Waals surface area contributed by atoms with Crippen molar-refractivity contribution in [2.45, 2.75) is 6.18 Å². The molecule has 1 aliphatic heterocycles. The maximum absolute atomic E-state index is 12.8. The lowest BCUT2D eigenvalue weighted by Gasteiger charge is -2.35. The van der Waals surface area contributed by atoms with Crippen molar-refractivity contribution in [3.8, 4) is 11.5 Å². The van der Waals surface area contributed by atoms with Gasteiger partial charge in [0.2, 0.25) is 5.91 Å². The summed E-state index contributed by atoms with van der Waals surface area (Å²) in [4.78, 5) is 20.1. The monoisotopic (exact) mass is 458 g/mol. The van der Waals surface area contributed by atoms with Gasteiger partial charge in [-0.2, -0.15) is 13.2 Å². The lowest BCUT2D eigenvalue weighted by atomic mass is 10.2. The summed E-state index contributed by atoms with van der Waals surface area (Å²) < 4.78 is 48.8. The molecule has 1 N–H and O–H groups in total. The van der Waals surface area contributed by atoms with Crippen LogP contribution in [0.5, 0.6) is 11.5 Å². The highest BCUT2D eigenvalue weighted by atomic mass is 35.5. The van der Waals surface area contributed by atoms with E-state index in [0.29, 0.717) is 49.2 Å². The molecule has 168 valence electrons. The number of benzene rings is 1. The second-order valence-corrected chi connectivity index (χ2v) is 7.31. The Morgan fingerprint density at radius 2 is 1.87 bits per heavy atom. The van der Waals surface area contributed by atoms with E-state index in [2.05, 4.69) is 10.3 Å². The molecule has 0 radical (unpaired) electrons. The number of aromatic nitrogens is 1. The van der Waals surface area contributed by atoms with Gasteiger partial charge in [0.1, 0.15) is 17.3 Å². The van der Waals surface area contributed by atoms with E-state index in [1.165, 1.54) is 7.11 Å². The number of alkyl halides is 3. The summed E-state index contributed by atoms with van der Waals surface area (Å²) in [6, 6.07) is 5.98. The number of anilines is 2. The van der Waals surface area contributed by atoms with Crippen molar-refractivity contribution in [2.24, 2.45) is 0 Å². The molecule has 2 aromatic rings. The normalized spacial score (nSPS) is 15.0. The Morgan fingerprint density at radius 1 is 1.16 bits per heavy atom. The molecule has 1 saturated heterocycles. The van der Waals surface area contributed by atoms with E-state index in [-0.39, 0.29) is 17.5 Å². The molecule has 0 saturated carbocycles. The molecule has 0 unspecified atom stereocenters. The summed E-state index contributed by atoms with van der Waals surface area (Å²) in [5, 5.41) is 2.77. The van der Waals surface area contributed by atoms with Crippen LogP contribution in [0.1, 0.15) is 5.56 Å². The van der Waals surface area contributed by atoms with Crippen molar-refractivity contribution >= 4 is 29.0 Å². The molecule has 0 atom stereocenters. The minimum atomic E-state index is -4.49. The number of nitrogens with zero attached hydrogens (tertiary/aromatic N) is 3. The molecule has 0 spiro atoms. The number of carbonyl (C=O) groups excluding carboxylic acids is 1. The molecular weight excluding hydrogens is 437 g/mol. The molecule has 2 heterocycles. The summed E-state index contributed by atoms with van der Waals surface area (Å²) in [6.45, 7) is 2.20. The van der Waals surface area contributed by atoms with Crippen LogP contribution in [0.4, 0.5) is 24.7 Å². The van der Waals surface area contributed by atoms with Crippen molar-refractivity contribution in [3.05, 3.63) is 41.0 Å². The highest BCUT2D eigenvalue weighted by Crippen LogP contribution is 2.34. The number of amides is 1. The molecule has 0 bridgehead atoms. The molecule has 7 nitrogen and oxygen atoms in total. The minimum absolute atomic E-state index is 0.0485. The average molecular weight is 459 g/mol. The average Bonchev–Trinajstić information content (AvgIpc) is 2.74. The summed E-state index contributed by atoms with van der Waals surface area (Å²) in [7, 11) is 3.05. The van der Waals surface area contributed by atoms with E-state index in [1.54, 1.807) is 25.3 Å². The van der Waals surface area contributed by atoms with Crippen LogP contribution < -0.4 is 19.7 Å². The molecule has 0 aliphatic carbocycles. The molecule has 1 aliphatic rings. The van der Waals surface area contributed by atoms with Gasteiger partial charge in [0.05, 0.1) is 37.0 Å². The summed E-state index contributed by atoms with van der Waals surface area (Å²) >= 11 is 6.03. The highest BCUT2D eigenvalue weighted by Gasteiger charge is 2.32. The van der Waals surface area contributed by atoms with Gasteiger partial charge in [-0.1, -0.05) is 11.6 Å². The number of ether oxygens (including phenoxy) is 2.